The van der Waals surface area contributed by atoms with E-state index in [1.165, 1.54) is 0 Å². The van der Waals surface area contributed by atoms with Gasteiger partial charge in [-0.15, -0.1) is 0 Å². The van der Waals surface area contributed by atoms with Gasteiger partial charge in [0.05, 0.1) is 0 Å². The van der Waals surface area contributed by atoms with Crippen molar-refractivity contribution in [2.75, 3.05) is 23.9 Å². The van der Waals surface area contributed by atoms with Crippen LogP contribution in [0.5, 0.6) is 5.75 Å². The standard InChI is InChI=1S/C22H20N2O3/c1-24-20-10-8-18(12-17(20)7-11-22(24)26)23-21(25)14-27-19-9-6-15-4-2-3-5-16(15)13-19/h2-6,8-10,12-13H,7,11,14H2,1H3,(H,23,25). The fourth-order valence-corrected chi connectivity index (χ4v) is 3.34. The van der Waals surface area contributed by atoms with Gasteiger partial charge in [0.2, 0.25) is 5.91 Å². The summed E-state index contributed by atoms with van der Waals surface area (Å²) in [5.41, 5.74) is 2.67. The maximum absolute atomic E-state index is 12.2. The Morgan fingerprint density at radius 2 is 1.85 bits per heavy atom. The number of fused-ring (bicyclic) bond motifs is 2. The van der Waals surface area contributed by atoms with Gasteiger partial charge in [0, 0.05) is 24.8 Å². The quantitative estimate of drug-likeness (QED) is 0.771. The minimum absolute atomic E-state index is 0.0617. The molecular formula is C22H20N2O3. The van der Waals surface area contributed by atoms with E-state index in [1.807, 2.05) is 60.7 Å². The van der Waals surface area contributed by atoms with Crippen LogP contribution in [0.15, 0.2) is 60.7 Å². The van der Waals surface area contributed by atoms with E-state index in [2.05, 4.69) is 5.32 Å². The van der Waals surface area contributed by atoms with Gasteiger partial charge in [0.15, 0.2) is 6.61 Å². The van der Waals surface area contributed by atoms with Crippen molar-refractivity contribution >= 4 is 34.0 Å². The normalized spacial score (nSPS) is 13.4. The number of benzene rings is 3. The number of aryl methyl sites for hydroxylation is 1. The monoisotopic (exact) mass is 360 g/mol. The average Bonchev–Trinajstić information content (AvgIpc) is 2.69. The molecule has 0 unspecified atom stereocenters. The highest BCUT2D eigenvalue weighted by molar-refractivity contribution is 5.97. The van der Waals surface area contributed by atoms with Crippen LogP contribution in [0.25, 0.3) is 10.8 Å². The van der Waals surface area contributed by atoms with Gasteiger partial charge in [-0.1, -0.05) is 30.3 Å². The Balaban J connectivity index is 1.40. The van der Waals surface area contributed by atoms with Crippen LogP contribution in [0.2, 0.25) is 0 Å². The van der Waals surface area contributed by atoms with E-state index in [0.717, 1.165) is 22.0 Å². The van der Waals surface area contributed by atoms with E-state index in [0.29, 0.717) is 24.3 Å². The Bertz CT molecular complexity index is 1030. The Morgan fingerprint density at radius 1 is 1.04 bits per heavy atom. The lowest BCUT2D eigenvalue weighted by atomic mass is 10.0. The SMILES string of the molecule is CN1C(=O)CCc2cc(NC(=O)COc3ccc4ccccc4c3)ccc21. The number of anilines is 2. The first-order chi connectivity index (χ1) is 13.1. The minimum Gasteiger partial charge on any atom is -0.484 e. The number of nitrogens with zero attached hydrogens (tertiary/aromatic N) is 1. The summed E-state index contributed by atoms with van der Waals surface area (Å²) in [5.74, 6) is 0.556. The van der Waals surface area contributed by atoms with Crippen LogP contribution in [0.1, 0.15) is 12.0 Å². The third-order valence-electron chi connectivity index (χ3n) is 4.80. The van der Waals surface area contributed by atoms with Crippen molar-refractivity contribution < 1.29 is 14.3 Å². The van der Waals surface area contributed by atoms with Crippen molar-refractivity contribution in [3.8, 4) is 5.75 Å². The summed E-state index contributed by atoms with van der Waals surface area (Å²) in [4.78, 5) is 25.7. The van der Waals surface area contributed by atoms with Gasteiger partial charge < -0.3 is 15.0 Å². The predicted octanol–water partition coefficient (Wildman–Crippen LogP) is 3.77. The molecule has 1 N–H and O–H groups in total. The summed E-state index contributed by atoms with van der Waals surface area (Å²) in [5, 5.41) is 5.06. The van der Waals surface area contributed by atoms with E-state index in [4.69, 9.17) is 4.74 Å². The molecule has 5 heteroatoms. The molecule has 2 amide bonds. The molecule has 3 aromatic rings. The van der Waals surface area contributed by atoms with Crippen LogP contribution < -0.4 is 15.0 Å². The largest absolute Gasteiger partial charge is 0.484 e. The molecule has 0 aromatic heterocycles. The van der Waals surface area contributed by atoms with Gasteiger partial charge in [0.1, 0.15) is 5.75 Å². The maximum Gasteiger partial charge on any atom is 0.262 e. The van der Waals surface area contributed by atoms with Gasteiger partial charge in [0.25, 0.3) is 5.91 Å². The molecule has 27 heavy (non-hydrogen) atoms. The molecule has 5 nitrogen and oxygen atoms in total. The molecule has 3 aromatic carbocycles. The van der Waals surface area contributed by atoms with Crippen molar-refractivity contribution in [3.05, 3.63) is 66.2 Å². The third kappa shape index (κ3) is 3.62. The first kappa shape index (κ1) is 17.1. The Hall–Kier alpha value is -3.34. The second-order valence-corrected chi connectivity index (χ2v) is 6.64. The van der Waals surface area contributed by atoms with Crippen molar-refractivity contribution in [3.63, 3.8) is 0 Å². The molecule has 0 fully saturated rings. The van der Waals surface area contributed by atoms with Crippen LogP contribution in [0.4, 0.5) is 11.4 Å². The van der Waals surface area contributed by atoms with Gasteiger partial charge in [-0.25, -0.2) is 0 Å². The van der Waals surface area contributed by atoms with Gasteiger partial charge in [-0.2, -0.15) is 0 Å². The Labute approximate surface area is 157 Å². The van der Waals surface area contributed by atoms with Crippen molar-refractivity contribution in [1.82, 2.24) is 0 Å². The fourth-order valence-electron chi connectivity index (χ4n) is 3.34. The molecule has 1 heterocycles. The molecule has 0 atom stereocenters. The first-order valence-corrected chi connectivity index (χ1v) is 8.91. The number of nitrogens with one attached hydrogen (secondary N) is 1. The highest BCUT2D eigenvalue weighted by atomic mass is 16.5. The number of rotatable bonds is 4. The summed E-state index contributed by atoms with van der Waals surface area (Å²) in [6, 6.07) is 19.4. The highest BCUT2D eigenvalue weighted by Gasteiger charge is 2.21. The van der Waals surface area contributed by atoms with Crippen molar-refractivity contribution in [2.45, 2.75) is 12.8 Å². The van der Waals surface area contributed by atoms with Gasteiger partial charge in [-0.05, 0) is 53.1 Å². The lowest BCUT2D eigenvalue weighted by Crippen LogP contribution is -2.31. The van der Waals surface area contributed by atoms with Gasteiger partial charge >= 0.3 is 0 Å². The molecule has 1 aliphatic heterocycles. The lowest BCUT2D eigenvalue weighted by molar-refractivity contribution is -0.119. The van der Waals surface area contributed by atoms with Crippen molar-refractivity contribution in [2.24, 2.45) is 0 Å². The number of ether oxygens (including phenoxy) is 1. The predicted molar refractivity (Wildman–Crippen MR) is 106 cm³/mol. The number of hydrogen-bond donors (Lipinski definition) is 1. The molecule has 136 valence electrons. The molecule has 0 aliphatic carbocycles. The smallest absolute Gasteiger partial charge is 0.262 e. The van der Waals surface area contributed by atoms with Crippen LogP contribution in [-0.4, -0.2) is 25.5 Å². The molecular weight excluding hydrogens is 340 g/mol. The Kier molecular flexibility index (Phi) is 4.50. The van der Waals surface area contributed by atoms with Crippen LogP contribution in [0.3, 0.4) is 0 Å². The maximum atomic E-state index is 12.2. The average molecular weight is 360 g/mol. The topological polar surface area (TPSA) is 58.6 Å². The zero-order chi connectivity index (χ0) is 18.8. The van der Waals surface area contributed by atoms with E-state index in [-0.39, 0.29) is 18.4 Å². The molecule has 4 rings (SSSR count). The summed E-state index contributed by atoms with van der Waals surface area (Å²) < 4.78 is 5.63. The second kappa shape index (κ2) is 7.11. The minimum atomic E-state index is -0.219. The molecule has 0 spiro atoms. The van der Waals surface area contributed by atoms with E-state index < -0.39 is 0 Å². The lowest BCUT2D eigenvalue weighted by Gasteiger charge is -2.26. The number of hydrogen-bond acceptors (Lipinski definition) is 3. The molecule has 0 saturated heterocycles. The number of carbonyl (C=O) groups is 2. The third-order valence-corrected chi connectivity index (χ3v) is 4.80. The van der Waals surface area contributed by atoms with Crippen molar-refractivity contribution in [1.29, 1.82) is 0 Å². The molecule has 1 aliphatic rings. The molecule has 0 saturated carbocycles. The van der Waals surface area contributed by atoms with Gasteiger partial charge in [-0.3, -0.25) is 9.59 Å². The first-order valence-electron chi connectivity index (χ1n) is 8.91. The highest BCUT2D eigenvalue weighted by Crippen LogP contribution is 2.29. The molecule has 0 radical (unpaired) electrons. The summed E-state index contributed by atoms with van der Waals surface area (Å²) in [7, 11) is 1.77. The Morgan fingerprint density at radius 3 is 2.70 bits per heavy atom. The second-order valence-electron chi connectivity index (χ2n) is 6.64. The van der Waals surface area contributed by atoms with Crippen LogP contribution in [0, 0.1) is 0 Å². The van der Waals surface area contributed by atoms with E-state index in [1.54, 1.807) is 11.9 Å². The number of carbonyl (C=O) groups excluding carboxylic acids is 2. The zero-order valence-electron chi connectivity index (χ0n) is 15.1. The molecule has 0 bridgehead atoms. The van der Waals surface area contributed by atoms with Crippen LogP contribution in [-0.2, 0) is 16.0 Å². The number of amides is 2. The van der Waals surface area contributed by atoms with Crippen LogP contribution >= 0.6 is 0 Å². The van der Waals surface area contributed by atoms with E-state index in [9.17, 15) is 9.59 Å². The summed E-state index contributed by atoms with van der Waals surface area (Å²) >= 11 is 0. The fraction of sp³-hybridized carbons (Fsp3) is 0.182. The summed E-state index contributed by atoms with van der Waals surface area (Å²) in [6.45, 7) is -0.0617. The van der Waals surface area contributed by atoms with E-state index >= 15 is 0 Å². The zero-order valence-corrected chi connectivity index (χ0v) is 15.1. The summed E-state index contributed by atoms with van der Waals surface area (Å²) in [6.07, 6.45) is 1.18.